The first-order valence-corrected chi connectivity index (χ1v) is 36.3. The zero-order valence-corrected chi connectivity index (χ0v) is 56.0. The average Bonchev–Trinajstić information content (AvgIpc) is 3.72. The molecule has 0 aromatic carbocycles. The van der Waals surface area contributed by atoms with Crippen LogP contribution in [-0.2, 0) is 23.8 Å². The largest absolute Gasteiger partial charge is 0.466 e. The summed E-state index contributed by atoms with van der Waals surface area (Å²) in [6.07, 6.45) is 79.1. The van der Waals surface area contributed by atoms with Crippen LogP contribution in [-0.4, -0.2) is 100 Å². The van der Waals surface area contributed by atoms with Crippen molar-refractivity contribution in [3.63, 3.8) is 0 Å². The summed E-state index contributed by atoms with van der Waals surface area (Å²) in [7, 11) is 0. The summed E-state index contributed by atoms with van der Waals surface area (Å²) in [5.74, 6) is -0.199. The highest BCUT2D eigenvalue weighted by Gasteiger charge is 2.44. The second-order valence-electron chi connectivity index (χ2n) is 24.9. The Morgan fingerprint density at radius 2 is 0.828 bits per heavy atom. The van der Waals surface area contributed by atoms with Gasteiger partial charge in [0.25, 0.3) is 0 Å². The minimum absolute atomic E-state index is 0.000423. The third-order valence-electron chi connectivity index (χ3n) is 16.8. The van der Waals surface area contributed by atoms with Gasteiger partial charge in [-0.2, -0.15) is 0 Å². The Morgan fingerprint density at radius 3 is 1.26 bits per heavy atom. The lowest BCUT2D eigenvalue weighted by Gasteiger charge is -2.40. The summed E-state index contributed by atoms with van der Waals surface area (Å²) in [6, 6.07) is -0.835. The third-order valence-corrected chi connectivity index (χ3v) is 16.8. The second kappa shape index (κ2) is 64.4. The fraction of sp³-hybridized carbons (Fsp3) is 0.789. The predicted molar refractivity (Wildman–Crippen MR) is 366 cm³/mol. The number of esters is 1. The first kappa shape index (κ1) is 81.9. The van der Waals surface area contributed by atoms with Gasteiger partial charge in [-0.15, -0.1) is 0 Å². The molecular formula is C76H135NO10. The van der Waals surface area contributed by atoms with Crippen LogP contribution in [0, 0.1) is 0 Å². The van der Waals surface area contributed by atoms with Crippen LogP contribution in [0.3, 0.4) is 0 Å². The van der Waals surface area contributed by atoms with E-state index in [4.69, 9.17) is 14.2 Å². The van der Waals surface area contributed by atoms with Crippen LogP contribution in [0.1, 0.15) is 322 Å². The van der Waals surface area contributed by atoms with E-state index in [-0.39, 0.29) is 18.5 Å². The van der Waals surface area contributed by atoms with Gasteiger partial charge >= 0.3 is 5.97 Å². The van der Waals surface area contributed by atoms with Crippen molar-refractivity contribution in [1.29, 1.82) is 0 Å². The number of carbonyl (C=O) groups excluding carboxylic acids is 2. The number of ether oxygens (including phenoxy) is 3. The van der Waals surface area contributed by atoms with Crippen molar-refractivity contribution in [2.75, 3.05) is 19.8 Å². The molecule has 11 heteroatoms. The molecule has 0 bridgehead atoms. The van der Waals surface area contributed by atoms with Crippen LogP contribution < -0.4 is 5.32 Å². The van der Waals surface area contributed by atoms with Gasteiger partial charge in [0.05, 0.1) is 32.0 Å². The number of nitrogens with one attached hydrogen (secondary N) is 1. The van der Waals surface area contributed by atoms with E-state index < -0.39 is 49.5 Å². The molecule has 0 aliphatic carbocycles. The number of carbonyl (C=O) groups is 2. The fourth-order valence-corrected chi connectivity index (χ4v) is 11.1. The molecule has 0 spiro atoms. The van der Waals surface area contributed by atoms with E-state index in [1.165, 1.54) is 218 Å². The summed E-state index contributed by atoms with van der Waals surface area (Å²) >= 11 is 0. The molecule has 0 saturated carbocycles. The average molecular weight is 1220 g/mol. The maximum Gasteiger partial charge on any atom is 0.305 e. The van der Waals surface area contributed by atoms with Gasteiger partial charge in [-0.05, 0) is 116 Å². The van der Waals surface area contributed by atoms with Crippen molar-refractivity contribution in [3.8, 4) is 0 Å². The van der Waals surface area contributed by atoms with Crippen LogP contribution in [0.15, 0.2) is 85.1 Å². The minimum atomic E-state index is -1.58. The van der Waals surface area contributed by atoms with Crippen LogP contribution in [0.25, 0.3) is 0 Å². The first-order chi connectivity index (χ1) is 42.7. The highest BCUT2D eigenvalue weighted by molar-refractivity contribution is 5.76. The predicted octanol–water partition coefficient (Wildman–Crippen LogP) is 18.8. The molecule has 1 fully saturated rings. The second-order valence-corrected chi connectivity index (χ2v) is 24.9. The lowest BCUT2D eigenvalue weighted by Crippen LogP contribution is -2.60. The van der Waals surface area contributed by atoms with Crippen LogP contribution in [0.2, 0.25) is 0 Å². The van der Waals surface area contributed by atoms with Gasteiger partial charge in [0.15, 0.2) is 6.29 Å². The fourth-order valence-electron chi connectivity index (χ4n) is 11.1. The highest BCUT2D eigenvalue weighted by atomic mass is 16.7. The molecule has 1 aliphatic rings. The minimum Gasteiger partial charge on any atom is -0.466 e. The summed E-state index contributed by atoms with van der Waals surface area (Å²) in [4.78, 5) is 25.1. The van der Waals surface area contributed by atoms with E-state index in [9.17, 15) is 35.1 Å². The van der Waals surface area contributed by atoms with Crippen molar-refractivity contribution >= 4 is 11.9 Å². The van der Waals surface area contributed by atoms with E-state index in [1.807, 2.05) is 19.1 Å². The molecule has 87 heavy (non-hydrogen) atoms. The van der Waals surface area contributed by atoms with Gasteiger partial charge in [0, 0.05) is 12.8 Å². The first-order valence-electron chi connectivity index (χ1n) is 36.3. The van der Waals surface area contributed by atoms with Gasteiger partial charge in [-0.1, -0.05) is 278 Å². The molecule has 0 radical (unpaired) electrons. The maximum atomic E-state index is 13.0. The number of hydrogen-bond acceptors (Lipinski definition) is 10. The zero-order chi connectivity index (χ0) is 63.0. The smallest absolute Gasteiger partial charge is 0.305 e. The lowest BCUT2D eigenvalue weighted by atomic mass is 9.99. The van der Waals surface area contributed by atoms with Gasteiger partial charge in [0.2, 0.25) is 5.91 Å². The Balaban J connectivity index is 1.91. The Labute approximate surface area is 533 Å². The van der Waals surface area contributed by atoms with Gasteiger partial charge < -0.3 is 45.1 Å². The maximum absolute atomic E-state index is 13.0. The van der Waals surface area contributed by atoms with Crippen molar-refractivity contribution < 1.29 is 49.3 Å². The van der Waals surface area contributed by atoms with Crippen molar-refractivity contribution in [2.45, 2.75) is 365 Å². The molecule has 1 aliphatic heterocycles. The standard InChI is InChI=1S/C76H135NO10/c1-3-5-7-9-11-13-14-15-16-17-31-35-38-41-44-48-52-56-60-64-72(81)85-65-61-57-53-49-45-42-39-36-33-30-28-26-24-22-20-18-19-21-23-25-27-29-32-34-37-40-43-47-51-55-59-63-71(80)77-68(69(79)62-58-54-50-46-12-10-8-6-4-2)67-86-76-75(84)74(83)73(82)70(66-78)87-76/h4,6,11-13,15-16,20,22,26,28,46,58,62,68-70,73-76,78-79,82-84H,3,5,7-10,14,17-19,21,23-25,27,29-45,47-57,59-61,63-67H2,1-2H3,(H,77,80)/b6-4+,13-11-,16-15-,22-20-,28-26-,46-12+,62-58+. The molecule has 11 nitrogen and oxygen atoms in total. The molecule has 0 aromatic rings. The molecule has 1 amide bonds. The Bertz CT molecular complexity index is 1720. The van der Waals surface area contributed by atoms with Crippen molar-refractivity contribution in [3.05, 3.63) is 85.1 Å². The molecular weight excluding hydrogens is 1090 g/mol. The lowest BCUT2D eigenvalue weighted by molar-refractivity contribution is -0.302. The molecule has 0 aromatic heterocycles. The number of rotatable bonds is 63. The van der Waals surface area contributed by atoms with Crippen LogP contribution in [0.4, 0.5) is 0 Å². The topological polar surface area (TPSA) is 175 Å². The Hall–Kier alpha value is -3.16. The number of allylic oxidation sites excluding steroid dienone is 13. The van der Waals surface area contributed by atoms with Crippen LogP contribution >= 0.6 is 0 Å². The van der Waals surface area contributed by atoms with E-state index in [2.05, 4.69) is 79.1 Å². The normalized spacial score (nSPS) is 18.4. The SMILES string of the molecule is C/C=C/CC/C=C/CC/C=C/C(O)C(COC1OC(CO)C(O)C(O)C1O)NC(=O)CCCCCCCCCCCCCCCCC/C=C\C/C=C\CCCCCCCCCCCOC(=O)CCCCCCCCCCC/C=C\C/C=C\CCCCC. The van der Waals surface area contributed by atoms with Crippen molar-refractivity contribution in [1.82, 2.24) is 5.32 Å². The highest BCUT2D eigenvalue weighted by Crippen LogP contribution is 2.23. The summed E-state index contributed by atoms with van der Waals surface area (Å²) in [5, 5.41) is 54.2. The number of aliphatic hydroxyl groups excluding tert-OH is 5. The Kier molecular flexibility index (Phi) is 60.6. The third kappa shape index (κ3) is 53.2. The number of unbranched alkanes of at least 4 members (excludes halogenated alkanes) is 38. The Morgan fingerprint density at radius 1 is 0.448 bits per heavy atom. The van der Waals surface area contributed by atoms with Gasteiger partial charge in [0.1, 0.15) is 24.4 Å². The van der Waals surface area contributed by atoms with E-state index in [0.29, 0.717) is 19.4 Å². The van der Waals surface area contributed by atoms with E-state index in [1.54, 1.807) is 6.08 Å². The monoisotopic (exact) mass is 1220 g/mol. The molecule has 1 rings (SSSR count). The summed E-state index contributed by atoms with van der Waals surface area (Å²) < 4.78 is 16.7. The zero-order valence-electron chi connectivity index (χ0n) is 56.0. The van der Waals surface area contributed by atoms with E-state index in [0.717, 1.165) is 77.0 Å². The van der Waals surface area contributed by atoms with Gasteiger partial charge in [-0.25, -0.2) is 0 Å². The summed E-state index contributed by atoms with van der Waals surface area (Å²) in [5.41, 5.74) is 0. The van der Waals surface area contributed by atoms with E-state index >= 15 is 0 Å². The molecule has 7 atom stereocenters. The molecule has 504 valence electrons. The van der Waals surface area contributed by atoms with Gasteiger partial charge in [-0.3, -0.25) is 9.59 Å². The summed E-state index contributed by atoms with van der Waals surface area (Å²) in [6.45, 7) is 4.07. The number of aliphatic hydroxyl groups is 5. The molecule has 1 heterocycles. The van der Waals surface area contributed by atoms with Crippen LogP contribution in [0.5, 0.6) is 0 Å². The molecule has 6 N–H and O–H groups in total. The molecule has 1 saturated heterocycles. The number of hydrogen-bond donors (Lipinski definition) is 6. The number of amides is 1. The van der Waals surface area contributed by atoms with Crippen molar-refractivity contribution in [2.24, 2.45) is 0 Å². The quantitative estimate of drug-likeness (QED) is 0.0195. The molecule has 7 unspecified atom stereocenters.